The minimum Gasteiger partial charge on any atom is -0.550 e. The van der Waals surface area contributed by atoms with Gasteiger partial charge in [-0.1, -0.05) is 0 Å². The molecular formula is C30H41NaO20. The molecule has 0 saturated carbocycles. The van der Waals surface area contributed by atoms with Crippen molar-refractivity contribution in [3.63, 3.8) is 0 Å². The predicted molar refractivity (Wildman–Crippen MR) is 153 cm³/mol. The van der Waals surface area contributed by atoms with Gasteiger partial charge in [0.15, 0.2) is 43.1 Å². The van der Waals surface area contributed by atoms with Gasteiger partial charge in [-0.05, 0) is 12.8 Å². The van der Waals surface area contributed by atoms with E-state index in [9.17, 15) is 43.5 Å². The summed E-state index contributed by atoms with van der Waals surface area (Å²) in [6.07, 6.45) is -16.5. The molecule has 282 valence electrons. The van der Waals surface area contributed by atoms with Gasteiger partial charge in [0.1, 0.15) is 31.5 Å². The fraction of sp³-hybridized carbons (Fsp3) is 0.733. The smallest absolute Gasteiger partial charge is 0.550 e. The Morgan fingerprint density at radius 3 is 1.31 bits per heavy atom. The first-order valence-electron chi connectivity index (χ1n) is 15.3. The summed E-state index contributed by atoms with van der Waals surface area (Å²) in [7, 11) is 0. The first kappa shape index (κ1) is 45.6. The van der Waals surface area contributed by atoms with Crippen LogP contribution in [0.3, 0.4) is 0 Å². The Morgan fingerprint density at radius 1 is 0.510 bits per heavy atom. The molecule has 0 aromatic rings. The summed E-state index contributed by atoms with van der Waals surface area (Å²) >= 11 is 0. The molecule has 0 spiro atoms. The molecule has 2 aliphatic heterocycles. The van der Waals surface area contributed by atoms with E-state index in [4.69, 9.17) is 52.1 Å². The maximum Gasteiger partial charge on any atom is 1.00 e. The Morgan fingerprint density at radius 2 is 0.882 bits per heavy atom. The largest absolute Gasteiger partial charge is 1.00 e. The number of carbonyl (C=O) groups excluding carboxylic acids is 8. The number of rotatable bonds is 16. The van der Waals surface area contributed by atoms with Crippen LogP contribution in [0.2, 0.25) is 0 Å². The van der Waals surface area contributed by atoms with Gasteiger partial charge in [-0.3, -0.25) is 33.6 Å². The number of carboxylic acids is 1. The van der Waals surface area contributed by atoms with Gasteiger partial charge >= 0.3 is 71.3 Å². The van der Waals surface area contributed by atoms with Crippen molar-refractivity contribution in [1.29, 1.82) is 0 Å². The van der Waals surface area contributed by atoms with E-state index >= 15 is 0 Å². The Bertz CT molecular complexity index is 1260. The Kier molecular flexibility index (Phi) is 19.5. The molecule has 2 rings (SSSR count). The second-order valence-corrected chi connectivity index (χ2v) is 11.0. The van der Waals surface area contributed by atoms with E-state index in [1.807, 2.05) is 0 Å². The predicted octanol–water partition coefficient (Wildman–Crippen LogP) is -4.84. The van der Waals surface area contributed by atoms with E-state index in [2.05, 4.69) is 0 Å². The van der Waals surface area contributed by atoms with Crippen molar-refractivity contribution in [3.05, 3.63) is 0 Å². The summed E-state index contributed by atoms with van der Waals surface area (Å²) in [6, 6.07) is 0. The molecule has 2 heterocycles. The third-order valence-electron chi connectivity index (χ3n) is 6.69. The molecule has 10 atom stereocenters. The fourth-order valence-corrected chi connectivity index (χ4v) is 5.02. The van der Waals surface area contributed by atoms with Gasteiger partial charge in [-0.25, -0.2) is 0 Å². The van der Waals surface area contributed by atoms with Crippen molar-refractivity contribution in [2.45, 2.75) is 123 Å². The van der Waals surface area contributed by atoms with E-state index in [1.54, 1.807) is 0 Å². The normalized spacial score (nSPS) is 28.5. The van der Waals surface area contributed by atoms with Crippen LogP contribution in [0, 0.1) is 0 Å². The van der Waals surface area contributed by atoms with E-state index in [0.29, 0.717) is 0 Å². The van der Waals surface area contributed by atoms with Crippen LogP contribution < -0.4 is 34.7 Å². The summed E-state index contributed by atoms with van der Waals surface area (Å²) in [4.78, 5) is 95.8. The minimum atomic E-state index is -1.83. The molecule has 0 aliphatic carbocycles. The van der Waals surface area contributed by atoms with Crippen molar-refractivity contribution in [2.75, 3.05) is 19.8 Å². The van der Waals surface area contributed by atoms with Crippen LogP contribution in [-0.2, 0) is 90.5 Å². The molecule has 0 bridgehead atoms. The summed E-state index contributed by atoms with van der Waals surface area (Å²) < 4.78 is 61.2. The van der Waals surface area contributed by atoms with Gasteiger partial charge in [-0.15, -0.1) is 0 Å². The van der Waals surface area contributed by atoms with E-state index in [0.717, 1.165) is 48.5 Å². The average Bonchev–Trinajstić information content (AvgIpc) is 2.97. The summed E-state index contributed by atoms with van der Waals surface area (Å²) in [5.41, 5.74) is 0. The molecule has 0 N–H and O–H groups in total. The standard InChI is InChI=1S/C30H42O20.Na/c1-13(31)41-11-20-23(43-15(3)33)25(44-16(4)34)28(47-19(7)37)30(49-20)50-24-21(12-42-14(2)32)48-29(40-10-8-9-22(38)39)27(46-18(6)36)26(24)45-17(5)35;/h20-21,23-30H,8-12H2,1-7H3,(H,38,39);/q;+1/p-1/t20-,21-,23+,24-,25+,26+,27-,28-,29-,30+;/m1./s1. The topological polar surface area (TPSA) is 261 Å². The average molecular weight is 745 g/mol. The fourth-order valence-electron chi connectivity index (χ4n) is 5.02. The molecule has 0 amide bonds. The van der Waals surface area contributed by atoms with Crippen LogP contribution in [-0.4, -0.2) is 129 Å². The number of aliphatic carboxylic acids is 1. The Balaban J connectivity index is 0.0000130. The minimum absolute atomic E-state index is 0. The molecule has 51 heavy (non-hydrogen) atoms. The molecule has 20 nitrogen and oxygen atoms in total. The van der Waals surface area contributed by atoms with Gasteiger partial charge < -0.3 is 62.0 Å². The zero-order valence-electron chi connectivity index (χ0n) is 29.5. The quantitative estimate of drug-likeness (QED) is 0.0621. The Hall–Kier alpha value is -3.40. The third-order valence-corrected chi connectivity index (χ3v) is 6.69. The number of hydrogen-bond acceptors (Lipinski definition) is 20. The van der Waals surface area contributed by atoms with Crippen molar-refractivity contribution in [3.8, 4) is 0 Å². The molecular weight excluding hydrogens is 703 g/mol. The second-order valence-electron chi connectivity index (χ2n) is 11.0. The van der Waals surface area contributed by atoms with Gasteiger partial charge in [0.2, 0.25) is 0 Å². The second kappa shape index (κ2) is 21.8. The number of carboxylic acid groups (broad SMARTS) is 1. The first-order chi connectivity index (χ1) is 23.4. The van der Waals surface area contributed by atoms with Crippen LogP contribution in [0.15, 0.2) is 0 Å². The van der Waals surface area contributed by atoms with Crippen molar-refractivity contribution in [2.24, 2.45) is 0 Å². The third kappa shape index (κ3) is 15.4. The van der Waals surface area contributed by atoms with Crippen LogP contribution in [0.5, 0.6) is 0 Å². The summed E-state index contributed by atoms with van der Waals surface area (Å²) in [6.45, 7) is 5.79. The van der Waals surface area contributed by atoms with Crippen LogP contribution in [0.1, 0.15) is 61.3 Å². The van der Waals surface area contributed by atoms with Crippen molar-refractivity contribution < 1.29 is 125 Å². The van der Waals surface area contributed by atoms with Crippen LogP contribution >= 0.6 is 0 Å². The molecule has 21 heteroatoms. The summed E-state index contributed by atoms with van der Waals surface area (Å²) in [5, 5.41) is 10.9. The molecule has 0 unspecified atom stereocenters. The molecule has 0 radical (unpaired) electrons. The first-order valence-corrected chi connectivity index (χ1v) is 15.3. The van der Waals surface area contributed by atoms with E-state index < -0.39 is 129 Å². The summed E-state index contributed by atoms with van der Waals surface area (Å²) in [5.74, 6) is -7.48. The zero-order chi connectivity index (χ0) is 37.7. The molecule has 2 aliphatic rings. The monoisotopic (exact) mass is 744 g/mol. The van der Waals surface area contributed by atoms with Gasteiger partial charge in [0, 0.05) is 54.4 Å². The SMILES string of the molecule is CC(=O)OC[C@H]1O[C@@H](O[C@H]2[C@H](OC(C)=O)[C@@H](OC(C)=O)[C@H](OCCCC(=O)[O-])O[C@@H]2COC(C)=O)[C@H](OC(C)=O)[C@@H](OC(C)=O)[C@H]1OC(C)=O.[Na+]. The molecule has 0 aromatic heterocycles. The van der Waals surface area contributed by atoms with Gasteiger partial charge in [0.05, 0.1) is 6.61 Å². The number of carbonyl (C=O) groups is 8. The van der Waals surface area contributed by atoms with E-state index in [1.165, 1.54) is 0 Å². The Labute approximate surface area is 314 Å². The van der Waals surface area contributed by atoms with E-state index in [-0.39, 0.29) is 42.6 Å². The van der Waals surface area contributed by atoms with Crippen LogP contribution in [0.4, 0.5) is 0 Å². The van der Waals surface area contributed by atoms with Crippen LogP contribution in [0.25, 0.3) is 0 Å². The number of hydrogen-bond donors (Lipinski definition) is 0. The molecule has 0 aromatic carbocycles. The maximum atomic E-state index is 12.4. The van der Waals surface area contributed by atoms with Crippen molar-refractivity contribution >= 4 is 47.8 Å². The number of esters is 7. The maximum absolute atomic E-state index is 12.4. The van der Waals surface area contributed by atoms with Gasteiger partial charge in [0.25, 0.3) is 0 Å². The molecule has 2 saturated heterocycles. The van der Waals surface area contributed by atoms with Gasteiger partial charge in [-0.2, -0.15) is 0 Å². The zero-order valence-corrected chi connectivity index (χ0v) is 31.5. The van der Waals surface area contributed by atoms with Crippen molar-refractivity contribution in [1.82, 2.24) is 0 Å². The molecule has 2 fully saturated rings. The number of ether oxygens (including phenoxy) is 11.